The Hall–Kier alpha value is -2.89. The quantitative estimate of drug-likeness (QED) is 0.941. The lowest BCUT2D eigenvalue weighted by Crippen LogP contribution is -2.22. The molecule has 6 heteroatoms. The first-order valence-corrected chi connectivity index (χ1v) is 6.86. The summed E-state index contributed by atoms with van der Waals surface area (Å²) in [6.07, 6.45) is 1.80. The number of anilines is 1. The van der Waals surface area contributed by atoms with Gasteiger partial charge in [0, 0.05) is 12.6 Å². The highest BCUT2D eigenvalue weighted by atomic mass is 16.6. The number of ether oxygens (including phenoxy) is 1. The van der Waals surface area contributed by atoms with Gasteiger partial charge in [-0.2, -0.15) is 0 Å². The lowest BCUT2D eigenvalue weighted by atomic mass is 10.0. The number of hydrogen-bond acceptors (Lipinski definition) is 5. The van der Waals surface area contributed by atoms with Crippen LogP contribution < -0.4 is 10.1 Å². The minimum Gasteiger partial charge on any atom is -0.480 e. The van der Waals surface area contributed by atoms with E-state index in [1.54, 1.807) is 18.3 Å². The smallest absolute Gasteiger partial charge is 0.273 e. The SMILES string of the molecule is COc1ncccc1NC(=O)C1=NOC(c2ccccc2)C1. The van der Waals surface area contributed by atoms with Gasteiger partial charge in [0.15, 0.2) is 6.10 Å². The number of carbonyl (C=O) groups is 1. The molecule has 0 aliphatic carbocycles. The van der Waals surface area contributed by atoms with E-state index in [1.165, 1.54) is 7.11 Å². The van der Waals surface area contributed by atoms with Crippen molar-refractivity contribution in [3.8, 4) is 5.88 Å². The topological polar surface area (TPSA) is 72.8 Å². The largest absolute Gasteiger partial charge is 0.480 e. The normalized spacial score (nSPS) is 16.6. The summed E-state index contributed by atoms with van der Waals surface area (Å²) in [7, 11) is 1.50. The van der Waals surface area contributed by atoms with E-state index < -0.39 is 0 Å². The van der Waals surface area contributed by atoms with Gasteiger partial charge in [-0.3, -0.25) is 4.79 Å². The monoisotopic (exact) mass is 297 g/mol. The zero-order chi connectivity index (χ0) is 15.4. The van der Waals surface area contributed by atoms with Crippen molar-refractivity contribution < 1.29 is 14.4 Å². The van der Waals surface area contributed by atoms with E-state index in [4.69, 9.17) is 9.57 Å². The highest BCUT2D eigenvalue weighted by Crippen LogP contribution is 2.28. The number of amides is 1. The van der Waals surface area contributed by atoms with Crippen LogP contribution >= 0.6 is 0 Å². The zero-order valence-corrected chi connectivity index (χ0v) is 12.0. The molecule has 0 radical (unpaired) electrons. The highest BCUT2D eigenvalue weighted by Gasteiger charge is 2.27. The lowest BCUT2D eigenvalue weighted by Gasteiger charge is -2.09. The minimum absolute atomic E-state index is 0.224. The van der Waals surface area contributed by atoms with Crippen LogP contribution in [0.3, 0.4) is 0 Å². The van der Waals surface area contributed by atoms with E-state index in [2.05, 4.69) is 15.5 Å². The molecule has 1 amide bonds. The molecule has 1 aliphatic heterocycles. The molecule has 1 aromatic heterocycles. The molecule has 1 unspecified atom stereocenters. The van der Waals surface area contributed by atoms with Crippen LogP contribution in [0.4, 0.5) is 5.69 Å². The molecule has 0 saturated heterocycles. The van der Waals surface area contributed by atoms with Crippen LogP contribution in [0.15, 0.2) is 53.8 Å². The molecular weight excluding hydrogens is 282 g/mol. The number of benzene rings is 1. The molecule has 22 heavy (non-hydrogen) atoms. The van der Waals surface area contributed by atoms with Crippen LogP contribution in [0, 0.1) is 0 Å². The third-order valence-electron chi connectivity index (χ3n) is 3.32. The number of oxime groups is 1. The number of carbonyl (C=O) groups excluding carboxylic acids is 1. The number of rotatable bonds is 4. The third kappa shape index (κ3) is 2.90. The molecule has 1 atom stereocenters. The highest BCUT2D eigenvalue weighted by molar-refractivity contribution is 6.43. The molecule has 0 fully saturated rings. The summed E-state index contributed by atoms with van der Waals surface area (Å²) in [5.41, 5.74) is 1.84. The molecule has 3 rings (SSSR count). The molecule has 2 heterocycles. The van der Waals surface area contributed by atoms with Gasteiger partial charge in [-0.25, -0.2) is 4.98 Å². The van der Waals surface area contributed by atoms with Crippen molar-refractivity contribution in [1.82, 2.24) is 4.98 Å². The van der Waals surface area contributed by atoms with E-state index in [-0.39, 0.29) is 12.0 Å². The molecule has 112 valence electrons. The molecule has 1 aromatic carbocycles. The Morgan fingerprint density at radius 3 is 2.86 bits per heavy atom. The van der Waals surface area contributed by atoms with Crippen molar-refractivity contribution in [2.45, 2.75) is 12.5 Å². The molecule has 1 N–H and O–H groups in total. The molecule has 6 nitrogen and oxygen atoms in total. The molecule has 1 aliphatic rings. The second-order valence-electron chi connectivity index (χ2n) is 4.76. The van der Waals surface area contributed by atoms with Crippen LogP contribution in [0.2, 0.25) is 0 Å². The standard InChI is InChI=1S/C16H15N3O3/c1-21-16-12(8-5-9-17-16)18-15(20)13-10-14(22-19-13)11-6-3-2-4-7-11/h2-9,14H,10H2,1H3,(H,18,20). The Morgan fingerprint density at radius 1 is 1.27 bits per heavy atom. The molecule has 0 bridgehead atoms. The van der Waals surface area contributed by atoms with E-state index in [9.17, 15) is 4.79 Å². The van der Waals surface area contributed by atoms with Crippen molar-refractivity contribution >= 4 is 17.3 Å². The second-order valence-corrected chi connectivity index (χ2v) is 4.76. The zero-order valence-electron chi connectivity index (χ0n) is 12.0. The van der Waals surface area contributed by atoms with Crippen LogP contribution in [-0.4, -0.2) is 23.7 Å². The average molecular weight is 297 g/mol. The van der Waals surface area contributed by atoms with Gasteiger partial charge in [-0.1, -0.05) is 35.5 Å². The Balaban J connectivity index is 1.67. The maximum Gasteiger partial charge on any atom is 0.273 e. The van der Waals surface area contributed by atoms with E-state index in [1.807, 2.05) is 30.3 Å². The van der Waals surface area contributed by atoms with Crippen molar-refractivity contribution in [3.63, 3.8) is 0 Å². The fourth-order valence-corrected chi connectivity index (χ4v) is 2.20. The summed E-state index contributed by atoms with van der Waals surface area (Å²) in [6.45, 7) is 0. The number of methoxy groups -OCH3 is 1. The first-order chi connectivity index (χ1) is 10.8. The lowest BCUT2D eigenvalue weighted by molar-refractivity contribution is -0.110. The number of nitrogens with one attached hydrogen (secondary N) is 1. The summed E-state index contributed by atoms with van der Waals surface area (Å²) in [5.74, 6) is 0.0414. The van der Waals surface area contributed by atoms with E-state index >= 15 is 0 Å². The fraction of sp³-hybridized carbons (Fsp3) is 0.188. The second kappa shape index (κ2) is 6.26. The van der Waals surface area contributed by atoms with Crippen molar-refractivity contribution in [1.29, 1.82) is 0 Å². The summed E-state index contributed by atoms with van der Waals surface area (Å²) in [5, 5.41) is 6.63. The summed E-state index contributed by atoms with van der Waals surface area (Å²) < 4.78 is 5.10. The van der Waals surface area contributed by atoms with Gasteiger partial charge in [-0.05, 0) is 17.7 Å². The van der Waals surface area contributed by atoms with Crippen LogP contribution in [-0.2, 0) is 9.63 Å². The fourth-order valence-electron chi connectivity index (χ4n) is 2.20. The number of aromatic nitrogens is 1. The first kappa shape index (κ1) is 14.1. The summed E-state index contributed by atoms with van der Waals surface area (Å²) >= 11 is 0. The van der Waals surface area contributed by atoms with Gasteiger partial charge in [0.2, 0.25) is 5.88 Å². The van der Waals surface area contributed by atoms with Crippen molar-refractivity contribution in [2.24, 2.45) is 5.16 Å². The number of pyridine rings is 1. The van der Waals surface area contributed by atoms with Crippen LogP contribution in [0.5, 0.6) is 5.88 Å². The molecule has 0 saturated carbocycles. The number of nitrogens with zero attached hydrogens (tertiary/aromatic N) is 2. The molecular formula is C16H15N3O3. The Labute approximate surface area is 127 Å². The Morgan fingerprint density at radius 2 is 2.09 bits per heavy atom. The Bertz CT molecular complexity index is 701. The van der Waals surface area contributed by atoms with E-state index in [0.29, 0.717) is 23.7 Å². The van der Waals surface area contributed by atoms with E-state index in [0.717, 1.165) is 5.56 Å². The van der Waals surface area contributed by atoms with Gasteiger partial charge >= 0.3 is 0 Å². The predicted octanol–water partition coefficient (Wildman–Crippen LogP) is 2.55. The van der Waals surface area contributed by atoms with Crippen LogP contribution in [0.25, 0.3) is 0 Å². The predicted molar refractivity (Wildman–Crippen MR) is 81.7 cm³/mol. The number of hydrogen-bond donors (Lipinski definition) is 1. The molecule has 0 spiro atoms. The average Bonchev–Trinajstić information content (AvgIpc) is 3.06. The van der Waals surface area contributed by atoms with Gasteiger partial charge in [-0.15, -0.1) is 0 Å². The van der Waals surface area contributed by atoms with Crippen molar-refractivity contribution in [2.75, 3.05) is 12.4 Å². The van der Waals surface area contributed by atoms with Gasteiger partial charge in [0.05, 0.1) is 7.11 Å². The van der Waals surface area contributed by atoms with Gasteiger partial charge < -0.3 is 14.9 Å². The maximum absolute atomic E-state index is 12.3. The summed E-state index contributed by atoms with van der Waals surface area (Å²) in [6, 6.07) is 13.1. The maximum atomic E-state index is 12.3. The summed E-state index contributed by atoms with van der Waals surface area (Å²) in [4.78, 5) is 21.6. The third-order valence-corrected chi connectivity index (χ3v) is 3.32. The molecule has 2 aromatic rings. The Kier molecular flexibility index (Phi) is 4.00. The minimum atomic E-state index is -0.315. The van der Waals surface area contributed by atoms with Crippen LogP contribution in [0.1, 0.15) is 18.1 Å². The van der Waals surface area contributed by atoms with Gasteiger partial charge in [0.1, 0.15) is 11.4 Å². The van der Waals surface area contributed by atoms with Crippen molar-refractivity contribution in [3.05, 3.63) is 54.2 Å². The van der Waals surface area contributed by atoms with Gasteiger partial charge in [0.25, 0.3) is 5.91 Å². The first-order valence-electron chi connectivity index (χ1n) is 6.86.